The molecule has 1 heterocycles. The molecule has 0 spiro atoms. The summed E-state index contributed by atoms with van der Waals surface area (Å²) in [5.74, 6) is 1.71. The molecule has 0 bridgehead atoms. The normalized spacial score (nSPS) is 14.5. The smallest absolute Gasteiger partial charge is 0.161 e. The molecule has 0 aliphatic rings. The molecular formula is C13H25N3OS. The van der Waals surface area contributed by atoms with Crippen LogP contribution in [-0.2, 0) is 6.54 Å². The molecule has 0 saturated carbocycles. The number of aromatic nitrogens is 2. The van der Waals surface area contributed by atoms with Gasteiger partial charge in [-0.05, 0) is 12.8 Å². The molecular weight excluding hydrogens is 246 g/mol. The third kappa shape index (κ3) is 3.92. The highest BCUT2D eigenvalue weighted by Crippen LogP contribution is 2.27. The lowest BCUT2D eigenvalue weighted by Crippen LogP contribution is -2.20. The molecule has 0 amide bonds. The minimum absolute atomic E-state index is 0.0204. The van der Waals surface area contributed by atoms with Crippen LogP contribution in [0.1, 0.15) is 45.3 Å². The Morgan fingerprint density at radius 2 is 2.22 bits per heavy atom. The van der Waals surface area contributed by atoms with Gasteiger partial charge in [0, 0.05) is 17.5 Å². The average Bonchev–Trinajstić information content (AvgIpc) is 2.78. The number of nitrogens with zero attached hydrogens (tertiary/aromatic N) is 2. The average molecular weight is 271 g/mol. The van der Waals surface area contributed by atoms with Crippen molar-refractivity contribution in [2.75, 3.05) is 12.9 Å². The van der Waals surface area contributed by atoms with Crippen LogP contribution in [0.2, 0.25) is 0 Å². The highest BCUT2D eigenvalue weighted by molar-refractivity contribution is 7.99. The lowest BCUT2D eigenvalue weighted by atomic mass is 10.2. The van der Waals surface area contributed by atoms with Gasteiger partial charge in [-0.2, -0.15) is 16.9 Å². The van der Waals surface area contributed by atoms with Crippen molar-refractivity contribution in [1.29, 1.82) is 0 Å². The molecule has 0 aromatic carbocycles. The SMILES string of the molecule is CCCn1ncc(OC)c1C(N)CSC(C)CC. The minimum Gasteiger partial charge on any atom is -0.493 e. The van der Waals surface area contributed by atoms with Gasteiger partial charge in [0.1, 0.15) is 0 Å². The van der Waals surface area contributed by atoms with E-state index in [1.807, 2.05) is 16.4 Å². The molecule has 0 aliphatic heterocycles. The molecule has 1 aromatic rings. The van der Waals surface area contributed by atoms with Gasteiger partial charge in [0.05, 0.1) is 25.0 Å². The summed E-state index contributed by atoms with van der Waals surface area (Å²) in [6.45, 7) is 7.46. The topological polar surface area (TPSA) is 53.1 Å². The van der Waals surface area contributed by atoms with Crippen molar-refractivity contribution in [3.63, 3.8) is 0 Å². The summed E-state index contributed by atoms with van der Waals surface area (Å²) in [5.41, 5.74) is 7.31. The van der Waals surface area contributed by atoms with Crippen LogP contribution < -0.4 is 10.5 Å². The number of aryl methyl sites for hydroxylation is 1. The fourth-order valence-electron chi connectivity index (χ4n) is 1.76. The highest BCUT2D eigenvalue weighted by Gasteiger charge is 2.19. The zero-order valence-electron chi connectivity index (χ0n) is 11.8. The van der Waals surface area contributed by atoms with Gasteiger partial charge >= 0.3 is 0 Å². The third-order valence-electron chi connectivity index (χ3n) is 2.99. The minimum atomic E-state index is -0.0204. The van der Waals surface area contributed by atoms with Crippen LogP contribution in [0.5, 0.6) is 5.75 Å². The van der Waals surface area contributed by atoms with Crippen LogP contribution in [0.25, 0.3) is 0 Å². The van der Waals surface area contributed by atoms with E-state index < -0.39 is 0 Å². The molecule has 1 rings (SSSR count). The maximum absolute atomic E-state index is 6.29. The number of hydrogen-bond donors (Lipinski definition) is 1. The maximum Gasteiger partial charge on any atom is 0.161 e. The largest absolute Gasteiger partial charge is 0.493 e. The van der Waals surface area contributed by atoms with Crippen LogP contribution in [0.4, 0.5) is 0 Å². The summed E-state index contributed by atoms with van der Waals surface area (Å²) in [6, 6.07) is -0.0204. The molecule has 0 aliphatic carbocycles. The number of nitrogens with two attached hydrogens (primary N) is 1. The van der Waals surface area contributed by atoms with Crippen LogP contribution >= 0.6 is 11.8 Å². The predicted octanol–water partition coefficient (Wildman–Crippen LogP) is 2.83. The van der Waals surface area contributed by atoms with E-state index in [-0.39, 0.29) is 6.04 Å². The van der Waals surface area contributed by atoms with Gasteiger partial charge in [-0.1, -0.05) is 20.8 Å². The van der Waals surface area contributed by atoms with E-state index in [1.54, 1.807) is 13.3 Å². The van der Waals surface area contributed by atoms with Gasteiger partial charge in [-0.25, -0.2) is 0 Å². The molecule has 1 aromatic heterocycles. The molecule has 104 valence electrons. The fraction of sp³-hybridized carbons (Fsp3) is 0.769. The Kier molecular flexibility index (Phi) is 6.57. The number of thioether (sulfide) groups is 1. The second kappa shape index (κ2) is 7.69. The van der Waals surface area contributed by atoms with E-state index in [9.17, 15) is 0 Å². The number of ether oxygens (including phenoxy) is 1. The first-order valence-corrected chi connectivity index (χ1v) is 7.65. The summed E-state index contributed by atoms with van der Waals surface area (Å²) >= 11 is 1.91. The molecule has 18 heavy (non-hydrogen) atoms. The summed E-state index contributed by atoms with van der Waals surface area (Å²) in [7, 11) is 1.67. The van der Waals surface area contributed by atoms with Gasteiger partial charge in [0.15, 0.2) is 5.75 Å². The Hall–Kier alpha value is -0.680. The molecule has 2 atom stereocenters. The predicted molar refractivity (Wildman–Crippen MR) is 78.2 cm³/mol. The van der Waals surface area contributed by atoms with Gasteiger partial charge in [0.25, 0.3) is 0 Å². The van der Waals surface area contributed by atoms with Crippen molar-refractivity contribution in [2.24, 2.45) is 5.73 Å². The van der Waals surface area contributed by atoms with Crippen molar-refractivity contribution in [3.05, 3.63) is 11.9 Å². The lowest BCUT2D eigenvalue weighted by Gasteiger charge is -2.17. The summed E-state index contributed by atoms with van der Waals surface area (Å²) < 4.78 is 7.33. The Morgan fingerprint density at radius 3 is 2.78 bits per heavy atom. The zero-order chi connectivity index (χ0) is 13.5. The number of hydrogen-bond acceptors (Lipinski definition) is 4. The van der Waals surface area contributed by atoms with Gasteiger partial charge in [0.2, 0.25) is 0 Å². The van der Waals surface area contributed by atoms with Crippen molar-refractivity contribution in [3.8, 4) is 5.75 Å². The fourth-order valence-corrected chi connectivity index (χ4v) is 2.69. The number of methoxy groups -OCH3 is 1. The van der Waals surface area contributed by atoms with Crippen LogP contribution in [-0.4, -0.2) is 27.9 Å². The van der Waals surface area contributed by atoms with Crippen molar-refractivity contribution in [1.82, 2.24) is 9.78 Å². The van der Waals surface area contributed by atoms with E-state index in [4.69, 9.17) is 10.5 Å². The number of rotatable bonds is 8. The van der Waals surface area contributed by atoms with Crippen LogP contribution in [0, 0.1) is 0 Å². The monoisotopic (exact) mass is 271 g/mol. The van der Waals surface area contributed by atoms with E-state index in [0.717, 1.165) is 30.2 Å². The van der Waals surface area contributed by atoms with Crippen molar-refractivity contribution in [2.45, 2.75) is 51.4 Å². The summed E-state index contributed by atoms with van der Waals surface area (Å²) in [6.07, 6.45) is 3.98. The second-order valence-corrected chi connectivity index (χ2v) is 5.95. The standard InChI is InChI=1S/C13H25N3OS/c1-5-7-16-13(12(17-4)8-15-16)11(14)9-18-10(3)6-2/h8,10-11H,5-7,9,14H2,1-4H3. The van der Waals surface area contributed by atoms with E-state index in [0.29, 0.717) is 5.25 Å². The molecule has 4 nitrogen and oxygen atoms in total. The molecule has 2 unspecified atom stereocenters. The van der Waals surface area contributed by atoms with E-state index >= 15 is 0 Å². The molecule has 2 N–H and O–H groups in total. The molecule has 0 radical (unpaired) electrons. The first-order chi connectivity index (χ1) is 8.63. The highest BCUT2D eigenvalue weighted by atomic mass is 32.2. The van der Waals surface area contributed by atoms with Crippen LogP contribution in [0.15, 0.2) is 6.20 Å². The first kappa shape index (κ1) is 15.4. The van der Waals surface area contributed by atoms with Crippen LogP contribution in [0.3, 0.4) is 0 Å². The Bertz CT molecular complexity index is 354. The maximum atomic E-state index is 6.29. The van der Waals surface area contributed by atoms with Crippen molar-refractivity contribution >= 4 is 11.8 Å². The zero-order valence-corrected chi connectivity index (χ0v) is 12.7. The quantitative estimate of drug-likeness (QED) is 0.790. The van der Waals surface area contributed by atoms with Gasteiger partial charge in [-0.3, -0.25) is 4.68 Å². The first-order valence-electron chi connectivity index (χ1n) is 6.60. The Labute approximate surface area is 114 Å². The van der Waals surface area contributed by atoms with Crippen molar-refractivity contribution < 1.29 is 4.74 Å². The summed E-state index contributed by atoms with van der Waals surface area (Å²) in [5, 5.41) is 4.99. The van der Waals surface area contributed by atoms with E-state index in [1.165, 1.54) is 6.42 Å². The Morgan fingerprint density at radius 1 is 1.50 bits per heavy atom. The van der Waals surface area contributed by atoms with Gasteiger partial charge in [-0.15, -0.1) is 0 Å². The molecule has 5 heteroatoms. The van der Waals surface area contributed by atoms with Gasteiger partial charge < -0.3 is 10.5 Å². The molecule has 0 fully saturated rings. The summed E-state index contributed by atoms with van der Waals surface area (Å²) in [4.78, 5) is 0. The van der Waals surface area contributed by atoms with E-state index in [2.05, 4.69) is 25.9 Å². The molecule has 0 saturated heterocycles. The Balaban J connectivity index is 2.75. The second-order valence-electron chi connectivity index (χ2n) is 4.48. The third-order valence-corrected chi connectivity index (χ3v) is 4.44. The lowest BCUT2D eigenvalue weighted by molar-refractivity contribution is 0.403.